The van der Waals surface area contributed by atoms with Gasteiger partial charge in [0, 0.05) is 6.54 Å². The summed E-state index contributed by atoms with van der Waals surface area (Å²) in [4.78, 5) is 20.9. The van der Waals surface area contributed by atoms with E-state index in [1.54, 1.807) is 0 Å². The zero-order valence-corrected chi connectivity index (χ0v) is 6.63. The number of carbonyl (C=O) groups excluding carboxylic acids is 1. The first-order valence-corrected chi connectivity index (χ1v) is 3.41. The molecule has 0 aliphatic heterocycles. The lowest BCUT2D eigenvalue weighted by molar-refractivity contribution is -0.122. The second kappa shape index (κ2) is 5.34. The molecule has 0 radical (unpaired) electrons. The molecular formula is C6H11FN2O3. The van der Waals surface area contributed by atoms with E-state index in [4.69, 9.17) is 5.11 Å². The first kappa shape index (κ1) is 10.7. The van der Waals surface area contributed by atoms with Gasteiger partial charge in [-0.1, -0.05) is 0 Å². The van der Waals surface area contributed by atoms with Gasteiger partial charge in [-0.15, -0.1) is 0 Å². The Bertz CT molecular complexity index is 174. The number of hydrogen-bond donors (Lipinski definition) is 3. The number of alkyl halides is 1. The van der Waals surface area contributed by atoms with Gasteiger partial charge in [-0.3, -0.25) is 4.79 Å². The molecule has 12 heavy (non-hydrogen) atoms. The monoisotopic (exact) mass is 178 g/mol. The number of amides is 2. The molecule has 0 aromatic heterocycles. The smallest absolute Gasteiger partial charge is 0.405 e. The largest absolute Gasteiger partial charge is 0.465 e. The van der Waals surface area contributed by atoms with E-state index < -0.39 is 24.7 Å². The summed E-state index contributed by atoms with van der Waals surface area (Å²) in [7, 11) is 0. The van der Waals surface area contributed by atoms with Gasteiger partial charge in [0.25, 0.3) is 0 Å². The van der Waals surface area contributed by atoms with Crippen molar-refractivity contribution in [2.75, 3.05) is 13.2 Å². The van der Waals surface area contributed by atoms with Gasteiger partial charge in [-0.25, -0.2) is 9.18 Å². The van der Waals surface area contributed by atoms with E-state index in [1.807, 2.05) is 5.32 Å². The van der Waals surface area contributed by atoms with Crippen molar-refractivity contribution in [3.05, 3.63) is 0 Å². The van der Waals surface area contributed by atoms with Crippen LogP contribution in [0.5, 0.6) is 0 Å². The number of hydrogen-bond acceptors (Lipinski definition) is 2. The van der Waals surface area contributed by atoms with Crippen LogP contribution in [0.2, 0.25) is 0 Å². The zero-order chi connectivity index (χ0) is 9.56. The van der Waals surface area contributed by atoms with Crippen molar-refractivity contribution in [2.45, 2.75) is 13.0 Å². The molecule has 0 aromatic carbocycles. The maximum atomic E-state index is 11.5. The topological polar surface area (TPSA) is 78.4 Å². The van der Waals surface area contributed by atoms with Crippen LogP contribution in [0.3, 0.4) is 0 Å². The van der Waals surface area contributed by atoms with Crippen LogP contribution in [0.15, 0.2) is 0 Å². The summed E-state index contributed by atoms with van der Waals surface area (Å²) >= 11 is 0. The zero-order valence-electron chi connectivity index (χ0n) is 6.63. The SMILES string of the molecule is CC(NC(=O)O)C(=O)NCCF. The van der Waals surface area contributed by atoms with Gasteiger partial charge >= 0.3 is 6.09 Å². The van der Waals surface area contributed by atoms with Gasteiger partial charge in [0.1, 0.15) is 12.7 Å². The molecule has 0 rings (SSSR count). The molecule has 2 amide bonds. The van der Waals surface area contributed by atoms with E-state index in [0.29, 0.717) is 0 Å². The van der Waals surface area contributed by atoms with Crippen LogP contribution in [-0.2, 0) is 4.79 Å². The maximum absolute atomic E-state index is 11.5. The van der Waals surface area contributed by atoms with Crippen LogP contribution in [0.4, 0.5) is 9.18 Å². The molecule has 70 valence electrons. The van der Waals surface area contributed by atoms with Crippen molar-refractivity contribution in [1.82, 2.24) is 10.6 Å². The minimum atomic E-state index is -1.28. The second-order valence-corrected chi connectivity index (χ2v) is 2.15. The molecular weight excluding hydrogens is 167 g/mol. The number of carboxylic acid groups (broad SMARTS) is 1. The lowest BCUT2D eigenvalue weighted by Crippen LogP contribution is -2.44. The molecule has 0 aliphatic carbocycles. The fourth-order valence-electron chi connectivity index (χ4n) is 0.574. The van der Waals surface area contributed by atoms with Gasteiger partial charge < -0.3 is 15.7 Å². The Balaban J connectivity index is 3.69. The van der Waals surface area contributed by atoms with Crippen molar-refractivity contribution in [1.29, 1.82) is 0 Å². The van der Waals surface area contributed by atoms with Gasteiger partial charge in [0.15, 0.2) is 0 Å². The Morgan fingerprint density at radius 1 is 1.58 bits per heavy atom. The van der Waals surface area contributed by atoms with Crippen LogP contribution < -0.4 is 10.6 Å². The van der Waals surface area contributed by atoms with E-state index in [0.717, 1.165) is 0 Å². The van der Waals surface area contributed by atoms with E-state index in [-0.39, 0.29) is 6.54 Å². The van der Waals surface area contributed by atoms with Crippen molar-refractivity contribution < 1.29 is 19.1 Å². The van der Waals surface area contributed by atoms with Crippen LogP contribution in [0.1, 0.15) is 6.92 Å². The average Bonchev–Trinajstić information content (AvgIpc) is 1.98. The fourth-order valence-corrected chi connectivity index (χ4v) is 0.574. The maximum Gasteiger partial charge on any atom is 0.405 e. The lowest BCUT2D eigenvalue weighted by atomic mass is 10.3. The summed E-state index contributed by atoms with van der Waals surface area (Å²) < 4.78 is 11.5. The van der Waals surface area contributed by atoms with E-state index in [2.05, 4.69) is 5.32 Å². The molecule has 1 atom stereocenters. The third-order valence-corrected chi connectivity index (χ3v) is 1.13. The summed E-state index contributed by atoms with van der Waals surface area (Å²) in [6.45, 7) is 0.623. The van der Waals surface area contributed by atoms with Crippen molar-refractivity contribution in [3.63, 3.8) is 0 Å². The Morgan fingerprint density at radius 3 is 2.58 bits per heavy atom. The number of carbonyl (C=O) groups is 2. The molecule has 0 spiro atoms. The minimum absolute atomic E-state index is 0.0928. The Morgan fingerprint density at radius 2 is 2.17 bits per heavy atom. The Labute approximate surface area is 68.9 Å². The molecule has 5 nitrogen and oxygen atoms in total. The molecule has 0 saturated heterocycles. The highest BCUT2D eigenvalue weighted by atomic mass is 19.1. The van der Waals surface area contributed by atoms with Crippen molar-refractivity contribution >= 4 is 12.0 Å². The van der Waals surface area contributed by atoms with Crippen LogP contribution in [0, 0.1) is 0 Å². The molecule has 3 N–H and O–H groups in total. The van der Waals surface area contributed by atoms with Gasteiger partial charge in [0.05, 0.1) is 0 Å². The summed E-state index contributed by atoms with van der Waals surface area (Å²) in [6.07, 6.45) is -1.28. The third kappa shape index (κ3) is 4.48. The second-order valence-electron chi connectivity index (χ2n) is 2.15. The molecule has 6 heteroatoms. The molecule has 0 bridgehead atoms. The lowest BCUT2D eigenvalue weighted by Gasteiger charge is -2.10. The summed E-state index contributed by atoms with van der Waals surface area (Å²) in [6, 6.07) is -0.853. The molecule has 1 unspecified atom stereocenters. The highest BCUT2D eigenvalue weighted by Crippen LogP contribution is 1.81. The molecule has 0 fully saturated rings. The van der Waals surface area contributed by atoms with Crippen LogP contribution in [-0.4, -0.2) is 36.4 Å². The quantitative estimate of drug-likeness (QED) is 0.554. The first-order chi connectivity index (χ1) is 5.57. The number of halogens is 1. The highest BCUT2D eigenvalue weighted by Gasteiger charge is 2.13. The predicted octanol–water partition coefficient (Wildman–Crippen LogP) is -0.272. The standard InChI is InChI=1S/C6H11FN2O3/c1-4(9-6(11)12)5(10)8-3-2-7/h4,9H,2-3H2,1H3,(H,8,10)(H,11,12). The van der Waals surface area contributed by atoms with E-state index >= 15 is 0 Å². The van der Waals surface area contributed by atoms with Crippen molar-refractivity contribution in [3.8, 4) is 0 Å². The molecule has 0 aliphatic rings. The van der Waals surface area contributed by atoms with E-state index in [1.165, 1.54) is 6.92 Å². The average molecular weight is 178 g/mol. The van der Waals surface area contributed by atoms with E-state index in [9.17, 15) is 14.0 Å². The predicted molar refractivity (Wildman–Crippen MR) is 39.6 cm³/mol. The minimum Gasteiger partial charge on any atom is -0.465 e. The number of rotatable bonds is 4. The molecule has 0 heterocycles. The fraction of sp³-hybridized carbons (Fsp3) is 0.667. The normalized spacial score (nSPS) is 11.8. The van der Waals surface area contributed by atoms with Gasteiger partial charge in [-0.05, 0) is 6.92 Å². The van der Waals surface area contributed by atoms with Gasteiger partial charge in [-0.2, -0.15) is 0 Å². The van der Waals surface area contributed by atoms with Crippen LogP contribution in [0.25, 0.3) is 0 Å². The number of nitrogens with one attached hydrogen (secondary N) is 2. The third-order valence-electron chi connectivity index (χ3n) is 1.13. The Hall–Kier alpha value is -1.33. The molecule has 0 saturated carbocycles. The van der Waals surface area contributed by atoms with Crippen molar-refractivity contribution in [2.24, 2.45) is 0 Å². The Kier molecular flexibility index (Phi) is 4.75. The van der Waals surface area contributed by atoms with Crippen LogP contribution >= 0.6 is 0 Å². The molecule has 0 aromatic rings. The highest BCUT2D eigenvalue weighted by molar-refractivity contribution is 5.84. The van der Waals surface area contributed by atoms with Gasteiger partial charge in [0.2, 0.25) is 5.91 Å². The summed E-state index contributed by atoms with van der Waals surface area (Å²) in [5, 5.41) is 12.3. The summed E-state index contributed by atoms with van der Waals surface area (Å²) in [5.41, 5.74) is 0. The first-order valence-electron chi connectivity index (χ1n) is 3.41. The summed E-state index contributed by atoms with van der Waals surface area (Å²) in [5.74, 6) is -0.532.